The van der Waals surface area contributed by atoms with Crippen LogP contribution in [0.15, 0.2) is 23.5 Å². The number of nitrogens with one attached hydrogen (secondary N) is 2. The lowest BCUT2D eigenvalue weighted by molar-refractivity contribution is 0.292. The molecule has 2 unspecified atom stereocenters. The van der Waals surface area contributed by atoms with Gasteiger partial charge in [0, 0.05) is 38.1 Å². The predicted octanol–water partition coefficient (Wildman–Crippen LogP) is 2.58. The average Bonchev–Trinajstić information content (AvgIpc) is 3.09. The first-order valence-electron chi connectivity index (χ1n) is 9.83. The van der Waals surface area contributed by atoms with Crippen molar-refractivity contribution in [3.63, 3.8) is 0 Å². The molecule has 6 heteroatoms. The molecule has 0 aromatic carbocycles. The van der Waals surface area contributed by atoms with Gasteiger partial charge in [-0.2, -0.15) is 5.10 Å². The van der Waals surface area contributed by atoms with Crippen LogP contribution in [-0.2, 0) is 6.54 Å². The molecule has 1 rings (SSSR count). The Morgan fingerprint density at radius 1 is 1.24 bits per heavy atom. The van der Waals surface area contributed by atoms with Crippen LogP contribution in [0, 0.1) is 5.92 Å². The van der Waals surface area contributed by atoms with Crippen molar-refractivity contribution in [1.82, 2.24) is 25.3 Å². The van der Waals surface area contributed by atoms with Gasteiger partial charge in [-0.05, 0) is 58.3 Å². The van der Waals surface area contributed by atoms with Gasteiger partial charge in [0.25, 0.3) is 0 Å². The van der Waals surface area contributed by atoms with Crippen LogP contribution in [-0.4, -0.2) is 59.4 Å². The fourth-order valence-electron chi connectivity index (χ4n) is 2.82. The van der Waals surface area contributed by atoms with E-state index in [-0.39, 0.29) is 0 Å². The van der Waals surface area contributed by atoms with Gasteiger partial charge in [0.2, 0.25) is 0 Å². The van der Waals surface area contributed by atoms with E-state index in [1.807, 2.05) is 23.1 Å². The first-order valence-corrected chi connectivity index (χ1v) is 9.83. The quantitative estimate of drug-likeness (QED) is 0.449. The van der Waals surface area contributed by atoms with E-state index < -0.39 is 0 Å². The van der Waals surface area contributed by atoms with Crippen molar-refractivity contribution in [2.75, 3.05) is 32.7 Å². The standard InChI is InChI=1S/C19H38N6/c1-6-20-19(21-15-17(4)16-25-14-10-12-22-25)23-18(5)11-9-13-24(7-2)8-3/h10,12,14,17-18H,6-9,11,13,15-16H2,1-5H3,(H2,20,21,23). The molecule has 0 aliphatic carbocycles. The lowest BCUT2D eigenvalue weighted by Crippen LogP contribution is -2.42. The van der Waals surface area contributed by atoms with E-state index in [2.05, 4.69) is 55.3 Å². The SMILES string of the molecule is CCNC(=NCC(C)Cn1cccn1)NC(C)CCCN(CC)CC. The van der Waals surface area contributed by atoms with E-state index in [0.29, 0.717) is 12.0 Å². The third-order valence-electron chi connectivity index (χ3n) is 4.35. The van der Waals surface area contributed by atoms with E-state index in [1.54, 1.807) is 0 Å². The lowest BCUT2D eigenvalue weighted by atomic mass is 10.1. The van der Waals surface area contributed by atoms with Crippen molar-refractivity contribution >= 4 is 5.96 Å². The summed E-state index contributed by atoms with van der Waals surface area (Å²) in [4.78, 5) is 7.23. The van der Waals surface area contributed by atoms with Crippen LogP contribution in [0.3, 0.4) is 0 Å². The summed E-state index contributed by atoms with van der Waals surface area (Å²) in [6, 6.07) is 2.39. The summed E-state index contributed by atoms with van der Waals surface area (Å²) in [5.74, 6) is 1.37. The van der Waals surface area contributed by atoms with Gasteiger partial charge >= 0.3 is 0 Å². The Bertz CT molecular complexity index is 452. The summed E-state index contributed by atoms with van der Waals surface area (Å²) in [5, 5.41) is 11.2. The molecule has 6 nitrogen and oxygen atoms in total. The summed E-state index contributed by atoms with van der Waals surface area (Å²) in [7, 11) is 0. The van der Waals surface area contributed by atoms with Crippen molar-refractivity contribution in [2.24, 2.45) is 10.9 Å². The third-order valence-corrected chi connectivity index (χ3v) is 4.35. The van der Waals surface area contributed by atoms with E-state index in [9.17, 15) is 0 Å². The van der Waals surface area contributed by atoms with Gasteiger partial charge in [-0.25, -0.2) is 0 Å². The van der Waals surface area contributed by atoms with Gasteiger partial charge in [-0.15, -0.1) is 0 Å². The van der Waals surface area contributed by atoms with Crippen LogP contribution in [0.2, 0.25) is 0 Å². The van der Waals surface area contributed by atoms with E-state index in [1.165, 1.54) is 13.0 Å². The number of aromatic nitrogens is 2. The zero-order valence-electron chi connectivity index (χ0n) is 16.8. The summed E-state index contributed by atoms with van der Waals surface area (Å²) in [6.07, 6.45) is 6.19. The minimum absolute atomic E-state index is 0.426. The summed E-state index contributed by atoms with van der Waals surface area (Å²) >= 11 is 0. The molecular formula is C19H38N6. The molecule has 1 aromatic rings. The van der Waals surface area contributed by atoms with Crippen molar-refractivity contribution in [1.29, 1.82) is 0 Å². The molecule has 0 aliphatic heterocycles. The Morgan fingerprint density at radius 3 is 2.60 bits per heavy atom. The molecule has 0 aliphatic rings. The largest absolute Gasteiger partial charge is 0.357 e. The highest BCUT2D eigenvalue weighted by molar-refractivity contribution is 5.80. The zero-order chi connectivity index (χ0) is 18.5. The summed E-state index contributed by atoms with van der Waals surface area (Å²) in [5.41, 5.74) is 0. The number of rotatable bonds is 12. The van der Waals surface area contributed by atoms with Crippen molar-refractivity contribution < 1.29 is 0 Å². The molecule has 2 atom stereocenters. The van der Waals surface area contributed by atoms with Crippen LogP contribution < -0.4 is 10.6 Å². The molecule has 2 N–H and O–H groups in total. The summed E-state index contributed by atoms with van der Waals surface area (Å²) in [6.45, 7) is 17.0. The van der Waals surface area contributed by atoms with Gasteiger partial charge in [0.15, 0.2) is 5.96 Å². The monoisotopic (exact) mass is 350 g/mol. The highest BCUT2D eigenvalue weighted by Crippen LogP contribution is 2.02. The molecule has 0 saturated heterocycles. The van der Waals surface area contributed by atoms with Gasteiger partial charge in [-0.1, -0.05) is 20.8 Å². The van der Waals surface area contributed by atoms with Crippen molar-refractivity contribution in [3.8, 4) is 0 Å². The molecule has 0 saturated carbocycles. The first kappa shape index (κ1) is 21.5. The van der Waals surface area contributed by atoms with Crippen molar-refractivity contribution in [2.45, 2.75) is 60.0 Å². The topological polar surface area (TPSA) is 57.5 Å². The second-order valence-electron chi connectivity index (χ2n) is 6.77. The van der Waals surface area contributed by atoms with Gasteiger partial charge in [-0.3, -0.25) is 9.67 Å². The zero-order valence-corrected chi connectivity index (χ0v) is 16.8. The molecule has 144 valence electrons. The molecular weight excluding hydrogens is 312 g/mol. The van der Waals surface area contributed by atoms with Gasteiger partial charge < -0.3 is 15.5 Å². The maximum absolute atomic E-state index is 4.75. The number of guanidine groups is 1. The highest BCUT2D eigenvalue weighted by Gasteiger charge is 2.08. The molecule has 1 heterocycles. The number of hydrogen-bond donors (Lipinski definition) is 2. The molecule has 0 amide bonds. The van der Waals surface area contributed by atoms with E-state index >= 15 is 0 Å². The molecule has 0 bridgehead atoms. The minimum Gasteiger partial charge on any atom is -0.357 e. The summed E-state index contributed by atoms with van der Waals surface area (Å²) < 4.78 is 1.97. The van der Waals surface area contributed by atoms with Crippen molar-refractivity contribution in [3.05, 3.63) is 18.5 Å². The molecule has 0 fully saturated rings. The maximum Gasteiger partial charge on any atom is 0.191 e. The van der Waals surface area contributed by atoms with E-state index in [4.69, 9.17) is 4.99 Å². The van der Waals surface area contributed by atoms with Crippen LogP contribution in [0.5, 0.6) is 0 Å². The Balaban J connectivity index is 2.38. The Labute approximate surface area is 154 Å². The molecule has 0 spiro atoms. The fraction of sp³-hybridized carbons (Fsp3) is 0.789. The Kier molecular flexibility index (Phi) is 11.0. The second-order valence-corrected chi connectivity index (χ2v) is 6.77. The highest BCUT2D eigenvalue weighted by atomic mass is 15.3. The lowest BCUT2D eigenvalue weighted by Gasteiger charge is -2.21. The van der Waals surface area contributed by atoms with Gasteiger partial charge in [0.05, 0.1) is 0 Å². The smallest absolute Gasteiger partial charge is 0.191 e. The van der Waals surface area contributed by atoms with Crippen LogP contribution in [0.4, 0.5) is 0 Å². The molecule has 1 aromatic heterocycles. The third kappa shape index (κ3) is 9.48. The molecule has 25 heavy (non-hydrogen) atoms. The van der Waals surface area contributed by atoms with Crippen LogP contribution in [0.25, 0.3) is 0 Å². The number of nitrogens with zero attached hydrogens (tertiary/aromatic N) is 4. The van der Waals surface area contributed by atoms with E-state index in [0.717, 1.165) is 45.1 Å². The first-order chi connectivity index (χ1) is 12.1. The van der Waals surface area contributed by atoms with Gasteiger partial charge in [0.1, 0.15) is 0 Å². The van der Waals surface area contributed by atoms with Crippen LogP contribution in [0.1, 0.15) is 47.5 Å². The second kappa shape index (κ2) is 12.8. The Morgan fingerprint density at radius 2 is 2.00 bits per heavy atom. The number of hydrogen-bond acceptors (Lipinski definition) is 3. The fourth-order valence-corrected chi connectivity index (χ4v) is 2.82. The normalized spacial score (nSPS) is 14.6. The maximum atomic E-state index is 4.75. The number of aliphatic imine (C=N–C) groups is 1. The predicted molar refractivity (Wildman–Crippen MR) is 107 cm³/mol. The molecule has 0 radical (unpaired) electrons. The average molecular weight is 351 g/mol. The minimum atomic E-state index is 0.426. The Hall–Kier alpha value is -1.56. The van der Waals surface area contributed by atoms with Crippen LogP contribution >= 0.6 is 0 Å².